The fourth-order valence-corrected chi connectivity index (χ4v) is 4.87. The molecule has 0 radical (unpaired) electrons. The number of rotatable bonds is 5. The third kappa shape index (κ3) is 4.64. The summed E-state index contributed by atoms with van der Waals surface area (Å²) in [5.74, 6) is 2.27. The van der Waals surface area contributed by atoms with E-state index in [9.17, 15) is 4.79 Å². The van der Waals surface area contributed by atoms with Crippen molar-refractivity contribution in [2.45, 2.75) is 44.4 Å². The van der Waals surface area contributed by atoms with Crippen LogP contribution >= 0.6 is 0 Å². The van der Waals surface area contributed by atoms with E-state index in [1.54, 1.807) is 12.4 Å². The molecule has 6 nitrogen and oxygen atoms in total. The van der Waals surface area contributed by atoms with Gasteiger partial charge in [0.15, 0.2) is 0 Å². The van der Waals surface area contributed by atoms with Gasteiger partial charge in [-0.3, -0.25) is 9.78 Å². The number of pyridine rings is 1. The summed E-state index contributed by atoms with van der Waals surface area (Å²) in [5.41, 5.74) is 2.86. The molecular formula is C26H29N5O. The number of anilines is 2. The van der Waals surface area contributed by atoms with Gasteiger partial charge >= 0.3 is 0 Å². The predicted octanol–water partition coefficient (Wildman–Crippen LogP) is 5.18. The van der Waals surface area contributed by atoms with Crippen LogP contribution in [0.4, 0.5) is 11.5 Å². The van der Waals surface area contributed by atoms with Gasteiger partial charge in [0.2, 0.25) is 5.91 Å². The molecule has 1 aliphatic heterocycles. The van der Waals surface area contributed by atoms with E-state index in [1.807, 2.05) is 48.5 Å². The summed E-state index contributed by atoms with van der Waals surface area (Å²) >= 11 is 0. The van der Waals surface area contributed by atoms with Crippen molar-refractivity contribution < 1.29 is 4.79 Å². The molecule has 1 saturated heterocycles. The van der Waals surface area contributed by atoms with Crippen molar-refractivity contribution in [2.24, 2.45) is 5.92 Å². The molecule has 3 aromatic rings. The molecule has 2 aliphatic rings. The molecule has 0 spiro atoms. The molecule has 1 aliphatic carbocycles. The van der Waals surface area contributed by atoms with Crippen molar-refractivity contribution in [1.29, 1.82) is 0 Å². The zero-order valence-electron chi connectivity index (χ0n) is 18.3. The van der Waals surface area contributed by atoms with Crippen LogP contribution < -0.4 is 5.32 Å². The second kappa shape index (κ2) is 9.47. The molecule has 1 saturated carbocycles. The van der Waals surface area contributed by atoms with Gasteiger partial charge in [0.05, 0.1) is 5.69 Å². The van der Waals surface area contributed by atoms with E-state index in [4.69, 9.17) is 9.97 Å². The molecule has 1 atom stereocenters. The number of likely N-dealkylation sites (tertiary alicyclic amines) is 1. The fraction of sp³-hybridized carbons (Fsp3) is 0.385. The number of para-hydroxylation sites is 1. The Morgan fingerprint density at radius 1 is 0.938 bits per heavy atom. The first-order valence-electron chi connectivity index (χ1n) is 11.7. The van der Waals surface area contributed by atoms with E-state index in [-0.39, 0.29) is 11.8 Å². The summed E-state index contributed by atoms with van der Waals surface area (Å²) in [6, 6.07) is 16.0. The first kappa shape index (κ1) is 20.6. The quantitative estimate of drug-likeness (QED) is 0.608. The van der Waals surface area contributed by atoms with E-state index in [1.165, 1.54) is 12.8 Å². The lowest BCUT2D eigenvalue weighted by Gasteiger charge is -2.34. The van der Waals surface area contributed by atoms with Crippen LogP contribution in [0.15, 0.2) is 60.9 Å². The maximum atomic E-state index is 13.0. The van der Waals surface area contributed by atoms with Gasteiger partial charge in [0.25, 0.3) is 0 Å². The number of hydrogen-bond acceptors (Lipinski definition) is 5. The maximum Gasteiger partial charge on any atom is 0.225 e. The van der Waals surface area contributed by atoms with Crippen LogP contribution in [0.2, 0.25) is 0 Å². The van der Waals surface area contributed by atoms with Crippen LogP contribution in [-0.2, 0) is 4.79 Å². The fourth-order valence-electron chi connectivity index (χ4n) is 4.87. The summed E-state index contributed by atoms with van der Waals surface area (Å²) in [6.45, 7) is 1.56. The molecule has 1 N–H and O–H groups in total. The minimum atomic E-state index is 0.146. The summed E-state index contributed by atoms with van der Waals surface area (Å²) in [4.78, 5) is 29.1. The molecular weight excluding hydrogens is 398 g/mol. The Hall–Kier alpha value is -3.28. The van der Waals surface area contributed by atoms with Crippen molar-refractivity contribution >= 4 is 17.4 Å². The number of carbonyl (C=O) groups is 1. The highest BCUT2D eigenvalue weighted by Gasteiger charge is 2.32. The minimum absolute atomic E-state index is 0.146. The van der Waals surface area contributed by atoms with Crippen LogP contribution in [0, 0.1) is 5.92 Å². The third-order valence-electron chi connectivity index (χ3n) is 6.57. The molecule has 3 heterocycles. The number of benzene rings is 1. The molecule has 1 unspecified atom stereocenters. The Kier molecular flexibility index (Phi) is 6.10. The number of aromatic nitrogens is 3. The lowest BCUT2D eigenvalue weighted by molar-refractivity contribution is -0.136. The van der Waals surface area contributed by atoms with E-state index in [2.05, 4.69) is 15.2 Å². The normalized spacial score (nSPS) is 19.1. The molecule has 5 rings (SSSR count). The number of nitrogens with zero attached hydrogens (tertiary/aromatic N) is 4. The molecule has 2 aromatic heterocycles. The largest absolute Gasteiger partial charge is 0.342 e. The third-order valence-corrected chi connectivity index (χ3v) is 6.57. The van der Waals surface area contributed by atoms with E-state index in [0.29, 0.717) is 12.5 Å². The van der Waals surface area contributed by atoms with Gasteiger partial charge in [-0.2, -0.15) is 0 Å². The number of nitrogens with one attached hydrogen (secondary N) is 1. The molecule has 2 fully saturated rings. The van der Waals surface area contributed by atoms with Crippen LogP contribution in [0.25, 0.3) is 11.3 Å². The van der Waals surface area contributed by atoms with Crippen molar-refractivity contribution in [3.63, 3.8) is 0 Å². The summed E-state index contributed by atoms with van der Waals surface area (Å²) in [5, 5.41) is 3.43. The van der Waals surface area contributed by atoms with E-state index >= 15 is 0 Å². The predicted molar refractivity (Wildman–Crippen MR) is 126 cm³/mol. The first-order chi connectivity index (χ1) is 15.8. The molecule has 32 heavy (non-hydrogen) atoms. The Balaban J connectivity index is 1.44. The lowest BCUT2D eigenvalue weighted by atomic mass is 9.95. The van der Waals surface area contributed by atoms with Gasteiger partial charge in [0, 0.05) is 54.6 Å². The molecule has 1 amide bonds. The smallest absolute Gasteiger partial charge is 0.225 e. The number of amides is 1. The average Bonchev–Trinajstić information content (AvgIpc) is 3.40. The van der Waals surface area contributed by atoms with Crippen LogP contribution in [0.5, 0.6) is 0 Å². The summed E-state index contributed by atoms with van der Waals surface area (Å²) in [6.07, 6.45) is 10.00. The van der Waals surface area contributed by atoms with Crippen LogP contribution in [0.3, 0.4) is 0 Å². The van der Waals surface area contributed by atoms with Gasteiger partial charge in [-0.1, -0.05) is 31.0 Å². The van der Waals surface area contributed by atoms with Gasteiger partial charge in [-0.05, 0) is 49.9 Å². The zero-order valence-corrected chi connectivity index (χ0v) is 18.3. The first-order valence-corrected chi connectivity index (χ1v) is 11.7. The van der Waals surface area contributed by atoms with Gasteiger partial charge in [-0.25, -0.2) is 9.97 Å². The minimum Gasteiger partial charge on any atom is -0.342 e. The van der Waals surface area contributed by atoms with Crippen molar-refractivity contribution in [3.05, 3.63) is 66.7 Å². The Morgan fingerprint density at radius 3 is 2.50 bits per heavy atom. The Bertz CT molecular complexity index is 1050. The lowest BCUT2D eigenvalue weighted by Crippen LogP contribution is -2.42. The van der Waals surface area contributed by atoms with Crippen molar-refractivity contribution in [2.75, 3.05) is 18.4 Å². The van der Waals surface area contributed by atoms with Crippen LogP contribution in [0.1, 0.15) is 50.3 Å². The van der Waals surface area contributed by atoms with Crippen molar-refractivity contribution in [1.82, 2.24) is 19.9 Å². The van der Waals surface area contributed by atoms with E-state index in [0.717, 1.165) is 60.8 Å². The SMILES string of the molecule is O=C(C1CCCC1)N1CCCC(c2nc(Nc3ccccc3)cc(-c3ccncc3)n2)C1. The highest BCUT2D eigenvalue weighted by molar-refractivity contribution is 5.79. The van der Waals surface area contributed by atoms with Crippen LogP contribution in [-0.4, -0.2) is 38.8 Å². The van der Waals surface area contributed by atoms with Gasteiger partial charge in [0.1, 0.15) is 11.6 Å². The van der Waals surface area contributed by atoms with Gasteiger partial charge in [-0.15, -0.1) is 0 Å². The zero-order chi connectivity index (χ0) is 21.8. The highest BCUT2D eigenvalue weighted by Crippen LogP contribution is 2.32. The monoisotopic (exact) mass is 427 g/mol. The highest BCUT2D eigenvalue weighted by atomic mass is 16.2. The second-order valence-electron chi connectivity index (χ2n) is 8.83. The summed E-state index contributed by atoms with van der Waals surface area (Å²) < 4.78 is 0. The Morgan fingerprint density at radius 2 is 1.72 bits per heavy atom. The van der Waals surface area contributed by atoms with Gasteiger partial charge < -0.3 is 10.2 Å². The molecule has 0 bridgehead atoms. The molecule has 164 valence electrons. The standard InChI is InChI=1S/C26H29N5O/c32-26(20-7-4-5-8-20)31-16-6-9-21(18-31)25-29-23(19-12-14-27-15-13-19)17-24(30-25)28-22-10-2-1-3-11-22/h1-3,10-15,17,20-21H,4-9,16,18H2,(H,28,29,30). The molecule has 1 aromatic carbocycles. The second-order valence-corrected chi connectivity index (χ2v) is 8.83. The van der Waals surface area contributed by atoms with E-state index < -0.39 is 0 Å². The number of carbonyl (C=O) groups excluding carboxylic acids is 1. The van der Waals surface area contributed by atoms with Crippen molar-refractivity contribution in [3.8, 4) is 11.3 Å². The summed E-state index contributed by atoms with van der Waals surface area (Å²) in [7, 11) is 0. The molecule has 6 heteroatoms. The number of hydrogen-bond donors (Lipinski definition) is 1. The topological polar surface area (TPSA) is 71.0 Å². The Labute approximate surface area is 189 Å². The number of piperidine rings is 1. The average molecular weight is 428 g/mol. The maximum absolute atomic E-state index is 13.0.